The van der Waals surface area contributed by atoms with Gasteiger partial charge in [-0.3, -0.25) is 4.79 Å². The Kier molecular flexibility index (Phi) is 4.68. The van der Waals surface area contributed by atoms with Crippen LogP contribution in [0.1, 0.15) is 52.2 Å². The first-order valence-corrected chi connectivity index (χ1v) is 12.5. The average molecular weight is 475 g/mol. The Hall–Kier alpha value is -3.38. The molecule has 9 heteroatoms. The van der Waals surface area contributed by atoms with Crippen molar-refractivity contribution in [2.24, 2.45) is 5.92 Å². The molecule has 7 rings (SSSR count). The quantitative estimate of drug-likeness (QED) is 0.627. The number of carbonyl (C=O) groups excluding carboxylic acids is 1. The smallest absolute Gasteiger partial charge is 0.253 e. The van der Waals surface area contributed by atoms with Crippen molar-refractivity contribution in [2.45, 2.75) is 49.7 Å². The second-order valence-corrected chi connectivity index (χ2v) is 10.5. The normalized spacial score (nSPS) is 29.6. The summed E-state index contributed by atoms with van der Waals surface area (Å²) >= 11 is 0. The number of pyridine rings is 1. The molecule has 1 amide bonds. The van der Waals surface area contributed by atoms with Gasteiger partial charge in [0.1, 0.15) is 35.6 Å². The van der Waals surface area contributed by atoms with E-state index in [-0.39, 0.29) is 30.8 Å². The van der Waals surface area contributed by atoms with Crippen LogP contribution in [0.25, 0.3) is 0 Å². The highest BCUT2D eigenvalue weighted by molar-refractivity contribution is 5.94. The third kappa shape index (κ3) is 3.50. The molecule has 2 bridgehead atoms. The van der Waals surface area contributed by atoms with E-state index in [9.17, 15) is 10.1 Å². The van der Waals surface area contributed by atoms with Crippen molar-refractivity contribution in [3.8, 4) is 11.8 Å². The fourth-order valence-electron chi connectivity index (χ4n) is 6.32. The van der Waals surface area contributed by atoms with Crippen molar-refractivity contribution in [2.75, 3.05) is 36.5 Å². The van der Waals surface area contributed by atoms with Crippen LogP contribution >= 0.6 is 0 Å². The maximum absolute atomic E-state index is 15.3. The average Bonchev–Trinajstić information content (AvgIpc) is 3.61. The number of piperazine rings is 1. The molecule has 2 aromatic rings. The first kappa shape index (κ1) is 20.9. The standard InChI is InChI=1S/C26H27FN6O2/c27-22-6-23(33-10-15-1-2-16(11-33)31-15)21(7-28)24-20(22)5-17(12-35-24)32-26(34)14-4-19-18-3-13(18)8-29-25(19)30-9-14/h4,6,9,13,15-18,31H,1-3,5,8,10-12H2,(H,29,30)(H,32,34)/t13-,15?,16?,17+,18-/m0/s1. The molecule has 1 aromatic heterocycles. The zero-order chi connectivity index (χ0) is 23.7. The summed E-state index contributed by atoms with van der Waals surface area (Å²) in [7, 11) is 0. The van der Waals surface area contributed by atoms with Gasteiger partial charge in [0.2, 0.25) is 0 Å². The second kappa shape index (κ2) is 7.82. The van der Waals surface area contributed by atoms with Gasteiger partial charge in [0.25, 0.3) is 5.91 Å². The van der Waals surface area contributed by atoms with Gasteiger partial charge in [-0.1, -0.05) is 0 Å². The van der Waals surface area contributed by atoms with Gasteiger partial charge in [-0.25, -0.2) is 9.37 Å². The van der Waals surface area contributed by atoms with Crippen molar-refractivity contribution in [1.29, 1.82) is 5.26 Å². The zero-order valence-corrected chi connectivity index (χ0v) is 19.3. The van der Waals surface area contributed by atoms with Crippen LogP contribution in [0.3, 0.4) is 0 Å². The lowest BCUT2D eigenvalue weighted by Crippen LogP contribution is -2.51. The van der Waals surface area contributed by atoms with Crippen LogP contribution in [-0.4, -0.2) is 55.3 Å². The molecule has 2 unspecified atom stereocenters. The van der Waals surface area contributed by atoms with Crippen LogP contribution in [0.5, 0.6) is 5.75 Å². The second-order valence-electron chi connectivity index (χ2n) is 10.5. The van der Waals surface area contributed by atoms with Crippen molar-refractivity contribution < 1.29 is 13.9 Å². The number of rotatable bonds is 3. The van der Waals surface area contributed by atoms with E-state index < -0.39 is 0 Å². The molecule has 3 fully saturated rings. The number of anilines is 2. The van der Waals surface area contributed by atoms with Gasteiger partial charge >= 0.3 is 0 Å². The van der Waals surface area contributed by atoms with Crippen LogP contribution in [0, 0.1) is 23.1 Å². The Morgan fingerprint density at radius 2 is 2.11 bits per heavy atom. The third-order valence-corrected chi connectivity index (χ3v) is 8.23. The lowest BCUT2D eigenvalue weighted by Gasteiger charge is -2.36. The number of hydrogen-bond acceptors (Lipinski definition) is 7. The third-order valence-electron chi connectivity index (χ3n) is 8.23. The Morgan fingerprint density at radius 1 is 1.29 bits per heavy atom. The molecule has 8 nitrogen and oxygen atoms in total. The molecule has 2 saturated heterocycles. The number of hydrogen-bond donors (Lipinski definition) is 3. The monoisotopic (exact) mass is 474 g/mol. The maximum Gasteiger partial charge on any atom is 0.253 e. The maximum atomic E-state index is 15.3. The summed E-state index contributed by atoms with van der Waals surface area (Å²) in [5.41, 5.74) is 2.96. The summed E-state index contributed by atoms with van der Waals surface area (Å²) < 4.78 is 21.3. The number of halogens is 1. The minimum atomic E-state index is -0.389. The first-order chi connectivity index (χ1) is 17.1. The highest BCUT2D eigenvalue weighted by Gasteiger charge is 2.43. The minimum Gasteiger partial charge on any atom is -0.490 e. The molecular formula is C26H27FN6O2. The lowest BCUT2D eigenvalue weighted by molar-refractivity contribution is 0.0914. The largest absolute Gasteiger partial charge is 0.490 e. The zero-order valence-electron chi connectivity index (χ0n) is 19.3. The fourth-order valence-corrected chi connectivity index (χ4v) is 6.32. The number of aromatic nitrogens is 1. The number of nitriles is 1. The fraction of sp³-hybridized carbons (Fsp3) is 0.500. The van der Waals surface area contributed by atoms with Gasteiger partial charge in [-0.15, -0.1) is 0 Å². The highest BCUT2D eigenvalue weighted by Crippen LogP contribution is 2.52. The van der Waals surface area contributed by atoms with E-state index in [1.165, 1.54) is 6.07 Å². The topological polar surface area (TPSA) is 102 Å². The summed E-state index contributed by atoms with van der Waals surface area (Å²) in [5.74, 6) is 1.70. The molecule has 35 heavy (non-hydrogen) atoms. The van der Waals surface area contributed by atoms with Gasteiger partial charge < -0.3 is 25.6 Å². The first-order valence-electron chi connectivity index (χ1n) is 12.5. The summed E-state index contributed by atoms with van der Waals surface area (Å²) in [6.45, 7) is 2.65. The van der Waals surface area contributed by atoms with E-state index in [1.807, 2.05) is 6.07 Å². The van der Waals surface area contributed by atoms with E-state index in [0.29, 0.717) is 52.0 Å². The number of fused-ring (bicyclic) bond motifs is 6. The van der Waals surface area contributed by atoms with E-state index in [0.717, 1.165) is 50.3 Å². The molecule has 180 valence electrons. The molecule has 1 aromatic carbocycles. The summed E-state index contributed by atoms with van der Waals surface area (Å²) in [4.78, 5) is 19.5. The molecule has 5 aliphatic rings. The number of nitrogens with one attached hydrogen (secondary N) is 3. The van der Waals surface area contributed by atoms with Crippen LogP contribution in [0.2, 0.25) is 0 Å². The minimum absolute atomic E-state index is 0.188. The predicted octanol–water partition coefficient (Wildman–Crippen LogP) is 2.30. The van der Waals surface area contributed by atoms with Crippen molar-refractivity contribution >= 4 is 17.4 Å². The molecule has 3 N–H and O–H groups in total. The van der Waals surface area contributed by atoms with E-state index in [2.05, 4.69) is 31.9 Å². The number of ether oxygens (including phenoxy) is 1. The van der Waals surface area contributed by atoms with Crippen LogP contribution < -0.4 is 25.6 Å². The van der Waals surface area contributed by atoms with Crippen LogP contribution in [0.15, 0.2) is 18.3 Å². The highest BCUT2D eigenvalue weighted by atomic mass is 19.1. The van der Waals surface area contributed by atoms with Gasteiger partial charge in [-0.2, -0.15) is 5.26 Å². The Bertz CT molecular complexity index is 1260. The SMILES string of the molecule is N#Cc1c(N2CC3CCC(C2)N3)cc(F)c2c1OC[C@H](NC(=O)c1cnc3c(c1)[C@H]1C[C@H]1CN3)C2. The number of carbonyl (C=O) groups is 1. The Balaban J connectivity index is 1.11. The lowest BCUT2D eigenvalue weighted by atomic mass is 9.96. The van der Waals surface area contributed by atoms with Crippen LogP contribution in [-0.2, 0) is 6.42 Å². The van der Waals surface area contributed by atoms with Crippen molar-refractivity contribution in [1.82, 2.24) is 15.6 Å². The molecule has 1 saturated carbocycles. The van der Waals surface area contributed by atoms with Crippen molar-refractivity contribution in [3.63, 3.8) is 0 Å². The van der Waals surface area contributed by atoms with Gasteiger partial charge in [0.05, 0.1) is 17.3 Å². The van der Waals surface area contributed by atoms with Gasteiger partial charge in [-0.05, 0) is 48.8 Å². The molecule has 5 heterocycles. The molecule has 0 spiro atoms. The predicted molar refractivity (Wildman–Crippen MR) is 127 cm³/mol. The van der Waals surface area contributed by atoms with E-state index in [4.69, 9.17) is 4.74 Å². The molecule has 5 atom stereocenters. The Morgan fingerprint density at radius 3 is 2.91 bits per heavy atom. The molecule has 0 radical (unpaired) electrons. The number of benzene rings is 1. The summed E-state index contributed by atoms with van der Waals surface area (Å²) in [6.07, 6.45) is 5.21. The summed E-state index contributed by atoms with van der Waals surface area (Å²) in [5, 5.41) is 19.8. The molecule has 4 aliphatic heterocycles. The molecular weight excluding hydrogens is 447 g/mol. The Labute approximate surface area is 202 Å². The van der Waals surface area contributed by atoms with Crippen LogP contribution in [0.4, 0.5) is 15.9 Å². The van der Waals surface area contributed by atoms with E-state index in [1.54, 1.807) is 6.20 Å². The molecule has 1 aliphatic carbocycles. The van der Waals surface area contributed by atoms with E-state index >= 15 is 4.39 Å². The number of nitrogens with zero attached hydrogens (tertiary/aromatic N) is 3. The van der Waals surface area contributed by atoms with Gasteiger partial charge in [0.15, 0.2) is 0 Å². The summed E-state index contributed by atoms with van der Waals surface area (Å²) in [6, 6.07) is 6.02. The van der Waals surface area contributed by atoms with Gasteiger partial charge in [0, 0.05) is 49.9 Å². The number of amides is 1. The van der Waals surface area contributed by atoms with Crippen molar-refractivity contribution in [3.05, 3.63) is 46.4 Å².